The van der Waals surface area contributed by atoms with Crippen LogP contribution < -0.4 is 10.1 Å². The highest BCUT2D eigenvalue weighted by Gasteiger charge is 2.15. The first-order valence-corrected chi connectivity index (χ1v) is 13.7. The van der Waals surface area contributed by atoms with Gasteiger partial charge in [0.1, 0.15) is 12.4 Å². The van der Waals surface area contributed by atoms with E-state index in [0.717, 1.165) is 39.7 Å². The minimum absolute atomic E-state index is 0.355. The summed E-state index contributed by atoms with van der Waals surface area (Å²) < 4.78 is 8.19. The number of aromatic nitrogens is 4. The molecule has 8 heteroatoms. The lowest BCUT2D eigenvalue weighted by Gasteiger charge is -2.11. The van der Waals surface area contributed by atoms with Crippen LogP contribution in [0.3, 0.4) is 0 Å². The number of aryl methyl sites for hydroxylation is 1. The molecule has 0 saturated heterocycles. The number of anilines is 2. The van der Waals surface area contributed by atoms with Gasteiger partial charge in [-0.15, -0.1) is 21.5 Å². The number of thioether (sulfide) groups is 1. The van der Waals surface area contributed by atoms with Crippen molar-refractivity contribution in [2.45, 2.75) is 37.4 Å². The lowest BCUT2D eigenvalue weighted by atomic mass is 10.2. The summed E-state index contributed by atoms with van der Waals surface area (Å²) in [4.78, 5) is 4.74. The van der Waals surface area contributed by atoms with Crippen molar-refractivity contribution in [3.63, 3.8) is 0 Å². The fourth-order valence-electron chi connectivity index (χ4n) is 3.64. The van der Waals surface area contributed by atoms with Crippen molar-refractivity contribution in [1.29, 1.82) is 0 Å². The largest absolute Gasteiger partial charge is 0.486 e. The molecule has 0 unspecified atom stereocenters. The topological polar surface area (TPSA) is 64.9 Å². The molecule has 6 nitrogen and oxygen atoms in total. The molecule has 5 rings (SSSR count). The van der Waals surface area contributed by atoms with E-state index in [4.69, 9.17) is 9.72 Å². The van der Waals surface area contributed by atoms with E-state index in [9.17, 15) is 0 Å². The Morgan fingerprint density at radius 2 is 1.64 bits per heavy atom. The SMILES string of the molecule is CCc1ccc(OCc2nnc(SCc3csc(Nc4ccccc4)n3)n2Cc2ccccc2)cc1. The fourth-order valence-corrected chi connectivity index (χ4v) is 5.33. The Hall–Kier alpha value is -3.62. The molecule has 3 aromatic carbocycles. The Labute approximate surface area is 219 Å². The molecule has 2 heterocycles. The zero-order chi connectivity index (χ0) is 24.6. The molecule has 0 radical (unpaired) electrons. The van der Waals surface area contributed by atoms with E-state index in [1.807, 2.05) is 48.5 Å². The van der Waals surface area contributed by atoms with Crippen molar-refractivity contribution in [2.75, 3.05) is 5.32 Å². The summed E-state index contributed by atoms with van der Waals surface area (Å²) in [6.07, 6.45) is 1.01. The molecule has 0 aliphatic heterocycles. The Morgan fingerprint density at radius 1 is 0.889 bits per heavy atom. The molecule has 5 aromatic rings. The second kappa shape index (κ2) is 11.9. The van der Waals surface area contributed by atoms with Crippen LogP contribution in [0, 0.1) is 0 Å². The highest BCUT2D eigenvalue weighted by Crippen LogP contribution is 2.27. The van der Waals surface area contributed by atoms with Gasteiger partial charge in [0.15, 0.2) is 16.1 Å². The summed E-state index contributed by atoms with van der Waals surface area (Å²) in [5.74, 6) is 2.33. The standard InChI is InChI=1S/C28H27N5OS2/c1-2-21-13-15-25(16-14-21)34-18-26-31-32-28(33(26)17-22-9-5-3-6-10-22)36-20-24-19-35-27(30-24)29-23-11-7-4-8-12-23/h3-16,19H,2,17-18,20H2,1H3,(H,29,30). The van der Waals surface area contributed by atoms with Crippen LogP contribution in [-0.2, 0) is 25.3 Å². The average Bonchev–Trinajstić information content (AvgIpc) is 3.54. The van der Waals surface area contributed by atoms with Crippen LogP contribution in [0.25, 0.3) is 0 Å². The molecule has 2 aromatic heterocycles. The van der Waals surface area contributed by atoms with Crippen LogP contribution in [-0.4, -0.2) is 19.7 Å². The molecule has 0 aliphatic rings. The second-order valence-corrected chi connectivity index (χ2v) is 9.98. The van der Waals surface area contributed by atoms with Crippen LogP contribution in [0.4, 0.5) is 10.8 Å². The monoisotopic (exact) mass is 513 g/mol. The van der Waals surface area contributed by atoms with Gasteiger partial charge in [0.25, 0.3) is 0 Å². The number of benzene rings is 3. The smallest absolute Gasteiger partial charge is 0.192 e. The van der Waals surface area contributed by atoms with Gasteiger partial charge >= 0.3 is 0 Å². The molecular formula is C28H27N5OS2. The normalized spacial score (nSPS) is 10.9. The number of nitrogens with one attached hydrogen (secondary N) is 1. The van der Waals surface area contributed by atoms with E-state index in [2.05, 4.69) is 68.8 Å². The number of para-hydroxylation sites is 1. The first-order chi connectivity index (χ1) is 17.8. The van der Waals surface area contributed by atoms with Gasteiger partial charge in [-0.05, 0) is 41.8 Å². The third-order valence-corrected chi connectivity index (χ3v) is 7.41. The number of nitrogens with zero attached hydrogens (tertiary/aromatic N) is 4. The van der Waals surface area contributed by atoms with Crippen LogP contribution in [0.2, 0.25) is 0 Å². The molecular weight excluding hydrogens is 486 g/mol. The van der Waals surface area contributed by atoms with E-state index in [1.54, 1.807) is 23.1 Å². The predicted octanol–water partition coefficient (Wildman–Crippen LogP) is 6.96. The van der Waals surface area contributed by atoms with Crippen LogP contribution in [0.5, 0.6) is 5.75 Å². The van der Waals surface area contributed by atoms with Crippen LogP contribution in [0.1, 0.15) is 29.6 Å². The minimum Gasteiger partial charge on any atom is -0.486 e. The zero-order valence-corrected chi connectivity index (χ0v) is 21.6. The average molecular weight is 514 g/mol. The van der Waals surface area contributed by atoms with Gasteiger partial charge in [-0.3, -0.25) is 4.57 Å². The Bertz CT molecular complexity index is 1370. The Kier molecular flexibility index (Phi) is 7.95. The summed E-state index contributed by atoms with van der Waals surface area (Å²) in [6.45, 7) is 3.18. The van der Waals surface area contributed by atoms with Crippen LogP contribution in [0.15, 0.2) is 95.5 Å². The molecule has 0 amide bonds. The van der Waals surface area contributed by atoms with E-state index >= 15 is 0 Å². The lowest BCUT2D eigenvalue weighted by Crippen LogP contribution is -2.09. The summed E-state index contributed by atoms with van der Waals surface area (Å²) >= 11 is 3.24. The third-order valence-electron chi connectivity index (χ3n) is 5.60. The number of thiazole rings is 1. The zero-order valence-electron chi connectivity index (χ0n) is 20.0. The Balaban J connectivity index is 1.28. The summed E-state index contributed by atoms with van der Waals surface area (Å²) in [6, 6.07) is 28.7. The quantitative estimate of drug-likeness (QED) is 0.193. The van der Waals surface area contributed by atoms with E-state index in [0.29, 0.717) is 18.9 Å². The molecule has 1 N–H and O–H groups in total. The Morgan fingerprint density at radius 3 is 2.39 bits per heavy atom. The van der Waals surface area contributed by atoms with Crippen molar-refractivity contribution in [3.05, 3.63) is 113 Å². The van der Waals surface area contributed by atoms with E-state index in [1.165, 1.54) is 11.1 Å². The number of ether oxygens (including phenoxy) is 1. The van der Waals surface area contributed by atoms with Crippen molar-refractivity contribution in [2.24, 2.45) is 0 Å². The molecule has 0 spiro atoms. The number of hydrogen-bond acceptors (Lipinski definition) is 7. The van der Waals surface area contributed by atoms with Crippen molar-refractivity contribution >= 4 is 33.9 Å². The van der Waals surface area contributed by atoms with Gasteiger partial charge in [-0.2, -0.15) is 0 Å². The highest BCUT2D eigenvalue weighted by molar-refractivity contribution is 7.98. The molecule has 0 aliphatic carbocycles. The van der Waals surface area contributed by atoms with Crippen molar-refractivity contribution in [1.82, 2.24) is 19.7 Å². The minimum atomic E-state index is 0.355. The van der Waals surface area contributed by atoms with Crippen molar-refractivity contribution in [3.8, 4) is 5.75 Å². The van der Waals surface area contributed by atoms with Crippen molar-refractivity contribution < 1.29 is 4.74 Å². The summed E-state index contributed by atoms with van der Waals surface area (Å²) in [7, 11) is 0. The highest BCUT2D eigenvalue weighted by atomic mass is 32.2. The van der Waals surface area contributed by atoms with Gasteiger partial charge in [-0.25, -0.2) is 4.98 Å². The van der Waals surface area contributed by atoms with Gasteiger partial charge in [0.05, 0.1) is 12.2 Å². The molecule has 0 atom stereocenters. The van der Waals surface area contributed by atoms with Crippen LogP contribution >= 0.6 is 23.1 Å². The fraction of sp³-hybridized carbons (Fsp3) is 0.179. The van der Waals surface area contributed by atoms with Gasteiger partial charge in [0.2, 0.25) is 0 Å². The number of hydrogen-bond donors (Lipinski definition) is 1. The maximum Gasteiger partial charge on any atom is 0.192 e. The maximum absolute atomic E-state index is 6.05. The molecule has 182 valence electrons. The first-order valence-electron chi connectivity index (χ1n) is 11.8. The molecule has 36 heavy (non-hydrogen) atoms. The van der Waals surface area contributed by atoms with E-state index in [-0.39, 0.29) is 0 Å². The molecule has 0 fully saturated rings. The summed E-state index contributed by atoms with van der Waals surface area (Å²) in [5.41, 5.74) is 4.52. The molecule has 0 bridgehead atoms. The van der Waals surface area contributed by atoms with Gasteiger partial charge < -0.3 is 10.1 Å². The molecule has 0 saturated carbocycles. The van der Waals surface area contributed by atoms with E-state index < -0.39 is 0 Å². The second-order valence-electron chi connectivity index (χ2n) is 8.18. The number of rotatable bonds is 11. The maximum atomic E-state index is 6.05. The van der Waals surface area contributed by atoms with Gasteiger partial charge in [-0.1, -0.05) is 79.3 Å². The summed E-state index contributed by atoms with van der Waals surface area (Å²) in [5, 5.41) is 16.1. The predicted molar refractivity (Wildman–Crippen MR) is 147 cm³/mol. The van der Waals surface area contributed by atoms with Gasteiger partial charge in [0, 0.05) is 16.8 Å². The third kappa shape index (κ3) is 6.33. The lowest BCUT2D eigenvalue weighted by molar-refractivity contribution is 0.289. The first kappa shape index (κ1) is 24.1.